The second-order valence-corrected chi connectivity index (χ2v) is 5.02. The summed E-state index contributed by atoms with van der Waals surface area (Å²) in [6.45, 7) is 3.46. The maximum Gasteiger partial charge on any atom is 0.257 e. The molecule has 0 aromatic heterocycles. The molecular weight excluding hydrogens is 218 g/mol. The van der Waals surface area contributed by atoms with Crippen molar-refractivity contribution < 1.29 is 14.7 Å². The number of hydrogen-bond donors (Lipinski definition) is 1. The summed E-state index contributed by atoms with van der Waals surface area (Å²) in [5.74, 6) is -0.286. The van der Waals surface area contributed by atoms with E-state index >= 15 is 0 Å². The Balaban J connectivity index is 2.23. The predicted octanol–water partition coefficient (Wildman–Crippen LogP) is 1.24. The third-order valence-corrected chi connectivity index (χ3v) is 4.08. The number of aliphatic hydroxyl groups is 1. The predicted molar refractivity (Wildman–Crippen MR) is 63.1 cm³/mol. The highest BCUT2D eigenvalue weighted by atomic mass is 16.3. The van der Waals surface area contributed by atoms with E-state index in [1.54, 1.807) is 13.8 Å². The summed E-state index contributed by atoms with van der Waals surface area (Å²) in [4.78, 5) is 25.5. The maximum atomic E-state index is 12.1. The highest BCUT2D eigenvalue weighted by Gasteiger charge is 2.41. The van der Waals surface area contributed by atoms with Crippen LogP contribution in [0.25, 0.3) is 0 Å². The maximum absolute atomic E-state index is 12.1. The van der Waals surface area contributed by atoms with Crippen molar-refractivity contribution in [2.24, 2.45) is 5.92 Å². The number of imide groups is 1. The number of carbonyl (C=O) groups is 2. The fourth-order valence-electron chi connectivity index (χ4n) is 2.82. The topological polar surface area (TPSA) is 57.6 Å². The van der Waals surface area contributed by atoms with E-state index < -0.39 is 0 Å². The highest BCUT2D eigenvalue weighted by Crippen LogP contribution is 2.33. The van der Waals surface area contributed by atoms with Gasteiger partial charge in [-0.15, -0.1) is 0 Å². The molecule has 0 aromatic rings. The minimum absolute atomic E-state index is 0.0512. The molecule has 1 heterocycles. The highest BCUT2D eigenvalue weighted by molar-refractivity contribution is 6.19. The van der Waals surface area contributed by atoms with Crippen LogP contribution >= 0.6 is 0 Å². The Kier molecular flexibility index (Phi) is 3.33. The Hall–Kier alpha value is -1.16. The minimum Gasteiger partial charge on any atom is -0.396 e. The van der Waals surface area contributed by atoms with Crippen molar-refractivity contribution in [1.29, 1.82) is 0 Å². The minimum atomic E-state index is -0.169. The molecule has 1 fully saturated rings. The van der Waals surface area contributed by atoms with Crippen LogP contribution in [0.3, 0.4) is 0 Å². The lowest BCUT2D eigenvalue weighted by atomic mass is 9.84. The van der Waals surface area contributed by atoms with Gasteiger partial charge in [0, 0.05) is 29.7 Å². The Morgan fingerprint density at radius 3 is 2.18 bits per heavy atom. The molecule has 0 bridgehead atoms. The molecule has 1 saturated carbocycles. The van der Waals surface area contributed by atoms with Gasteiger partial charge in [-0.25, -0.2) is 0 Å². The van der Waals surface area contributed by atoms with Gasteiger partial charge in [-0.3, -0.25) is 14.5 Å². The number of amides is 2. The molecule has 1 N–H and O–H groups in total. The Bertz CT molecular complexity index is 362. The number of rotatable bonds is 2. The van der Waals surface area contributed by atoms with Gasteiger partial charge in [-0.05, 0) is 26.7 Å². The lowest BCUT2D eigenvalue weighted by Gasteiger charge is -2.36. The van der Waals surface area contributed by atoms with Gasteiger partial charge >= 0.3 is 0 Å². The standard InChI is InChI=1S/C13H19NO3/c1-8-9(2)13(17)14(12(8)16)11-6-4-3-5-10(11)7-15/h10-11,15H,3-7H2,1-2H3. The quantitative estimate of drug-likeness (QED) is 0.735. The van der Waals surface area contributed by atoms with Gasteiger partial charge in [-0.1, -0.05) is 12.8 Å². The molecule has 1 aliphatic carbocycles. The first-order chi connectivity index (χ1) is 8.07. The second-order valence-electron chi connectivity index (χ2n) is 5.02. The lowest BCUT2D eigenvalue weighted by Crippen LogP contribution is -2.47. The Morgan fingerprint density at radius 2 is 1.65 bits per heavy atom. The Morgan fingerprint density at radius 1 is 1.12 bits per heavy atom. The summed E-state index contributed by atoms with van der Waals surface area (Å²) >= 11 is 0. The van der Waals surface area contributed by atoms with Crippen molar-refractivity contribution in [3.05, 3.63) is 11.1 Å². The first kappa shape index (κ1) is 12.3. The molecule has 2 atom stereocenters. The van der Waals surface area contributed by atoms with Crippen LogP contribution in [0.1, 0.15) is 39.5 Å². The zero-order valence-electron chi connectivity index (χ0n) is 10.4. The summed E-state index contributed by atoms with van der Waals surface area (Å²) in [6.07, 6.45) is 3.82. The monoisotopic (exact) mass is 237 g/mol. The van der Waals surface area contributed by atoms with Crippen molar-refractivity contribution in [3.8, 4) is 0 Å². The van der Waals surface area contributed by atoms with Crippen LogP contribution in [0.15, 0.2) is 11.1 Å². The molecule has 2 aliphatic rings. The van der Waals surface area contributed by atoms with Gasteiger partial charge in [0.1, 0.15) is 0 Å². The van der Waals surface area contributed by atoms with Crippen LogP contribution in [-0.2, 0) is 9.59 Å². The van der Waals surface area contributed by atoms with Gasteiger partial charge in [0.2, 0.25) is 0 Å². The van der Waals surface area contributed by atoms with Crippen LogP contribution in [0.4, 0.5) is 0 Å². The fourth-order valence-corrected chi connectivity index (χ4v) is 2.82. The van der Waals surface area contributed by atoms with Crippen molar-refractivity contribution in [3.63, 3.8) is 0 Å². The van der Waals surface area contributed by atoms with Crippen LogP contribution in [0.5, 0.6) is 0 Å². The van der Waals surface area contributed by atoms with E-state index in [1.807, 2.05) is 0 Å². The summed E-state index contributed by atoms with van der Waals surface area (Å²) in [5.41, 5.74) is 1.11. The molecule has 2 unspecified atom stereocenters. The number of carbonyl (C=O) groups excluding carboxylic acids is 2. The SMILES string of the molecule is CC1=C(C)C(=O)N(C2CCCCC2CO)C1=O. The van der Waals surface area contributed by atoms with Crippen molar-refractivity contribution >= 4 is 11.8 Å². The van der Waals surface area contributed by atoms with Crippen molar-refractivity contribution in [1.82, 2.24) is 4.90 Å². The van der Waals surface area contributed by atoms with Gasteiger partial charge in [0.15, 0.2) is 0 Å². The molecule has 0 spiro atoms. The molecule has 0 aromatic carbocycles. The molecule has 0 saturated heterocycles. The number of hydrogen-bond acceptors (Lipinski definition) is 3. The largest absolute Gasteiger partial charge is 0.396 e. The van der Waals surface area contributed by atoms with E-state index in [2.05, 4.69) is 0 Å². The van der Waals surface area contributed by atoms with E-state index in [0.717, 1.165) is 25.7 Å². The molecule has 4 nitrogen and oxygen atoms in total. The average molecular weight is 237 g/mol. The summed E-state index contributed by atoms with van der Waals surface area (Å²) in [6, 6.07) is -0.110. The van der Waals surface area contributed by atoms with Crippen LogP contribution in [-0.4, -0.2) is 34.5 Å². The zero-order chi connectivity index (χ0) is 12.6. The lowest BCUT2D eigenvalue weighted by molar-refractivity contribution is -0.142. The summed E-state index contributed by atoms with van der Waals surface area (Å²) in [5, 5.41) is 9.36. The van der Waals surface area contributed by atoms with E-state index in [1.165, 1.54) is 4.90 Å². The van der Waals surface area contributed by atoms with Crippen LogP contribution in [0.2, 0.25) is 0 Å². The third kappa shape index (κ3) is 1.90. The molecule has 0 radical (unpaired) electrons. The van der Waals surface area contributed by atoms with E-state index in [4.69, 9.17) is 0 Å². The molecule has 94 valence electrons. The smallest absolute Gasteiger partial charge is 0.257 e. The van der Waals surface area contributed by atoms with E-state index in [0.29, 0.717) is 11.1 Å². The van der Waals surface area contributed by atoms with Gasteiger partial charge in [0.05, 0.1) is 0 Å². The first-order valence-electron chi connectivity index (χ1n) is 6.24. The Labute approximate surface area is 101 Å². The molecule has 17 heavy (non-hydrogen) atoms. The fraction of sp³-hybridized carbons (Fsp3) is 0.692. The van der Waals surface area contributed by atoms with Gasteiger partial charge in [-0.2, -0.15) is 0 Å². The average Bonchev–Trinajstić information content (AvgIpc) is 2.54. The van der Waals surface area contributed by atoms with E-state index in [-0.39, 0.29) is 30.4 Å². The van der Waals surface area contributed by atoms with Gasteiger partial charge in [0.25, 0.3) is 11.8 Å². The first-order valence-corrected chi connectivity index (χ1v) is 6.24. The van der Waals surface area contributed by atoms with Crippen molar-refractivity contribution in [2.75, 3.05) is 6.61 Å². The third-order valence-electron chi connectivity index (χ3n) is 4.08. The molecule has 1 aliphatic heterocycles. The number of aliphatic hydroxyl groups excluding tert-OH is 1. The molecule has 4 heteroatoms. The molecule has 2 rings (SSSR count). The summed E-state index contributed by atoms with van der Waals surface area (Å²) in [7, 11) is 0. The summed E-state index contributed by atoms with van der Waals surface area (Å²) < 4.78 is 0. The molecule has 2 amide bonds. The van der Waals surface area contributed by atoms with Crippen LogP contribution < -0.4 is 0 Å². The van der Waals surface area contributed by atoms with Gasteiger partial charge < -0.3 is 5.11 Å². The normalized spacial score (nSPS) is 30.4. The van der Waals surface area contributed by atoms with Crippen molar-refractivity contribution in [2.45, 2.75) is 45.6 Å². The zero-order valence-corrected chi connectivity index (χ0v) is 10.4. The second kappa shape index (κ2) is 4.61. The molecular formula is C13H19NO3. The number of nitrogens with zero attached hydrogens (tertiary/aromatic N) is 1. The van der Waals surface area contributed by atoms with E-state index in [9.17, 15) is 14.7 Å². The van der Waals surface area contributed by atoms with Crippen LogP contribution in [0, 0.1) is 5.92 Å².